The highest BCUT2D eigenvalue weighted by atomic mass is 16.5. The van der Waals surface area contributed by atoms with Gasteiger partial charge in [-0.1, -0.05) is 54.1 Å². The van der Waals surface area contributed by atoms with Crippen LogP contribution < -0.4 is 15.4 Å². The second kappa shape index (κ2) is 8.58. The first kappa shape index (κ1) is 21.0. The third kappa shape index (κ3) is 4.27. The molecule has 0 saturated carbocycles. The molecule has 2 N–H and O–H groups in total. The van der Waals surface area contributed by atoms with E-state index in [1.807, 2.05) is 36.4 Å². The number of Topliss-reactive ketones (excluding diaryl/α,β-unsaturated/α-hetero) is 1. The first-order valence-electron chi connectivity index (χ1n) is 11.2. The molecule has 0 unspecified atom stereocenters. The van der Waals surface area contributed by atoms with E-state index in [1.165, 1.54) is 18.1 Å². The standard InChI is InChI=1S/C28H26N2O3/c1-17-7-9-19(10-8-17)21-15-25-27(26(32)16-21)28(30-24-6-4-3-5-23(24)29-25)20-11-13-22(14-12-20)33-18(2)31/h3-14,21,28-30H,15-16H2,1-2H3/t21-,28+/m1/s1. The third-order valence-corrected chi connectivity index (χ3v) is 6.33. The highest BCUT2D eigenvalue weighted by Crippen LogP contribution is 2.44. The van der Waals surface area contributed by atoms with Crippen molar-refractivity contribution in [3.63, 3.8) is 0 Å². The summed E-state index contributed by atoms with van der Waals surface area (Å²) in [5, 5.41) is 7.15. The zero-order chi connectivity index (χ0) is 22.9. The number of benzene rings is 3. The highest BCUT2D eigenvalue weighted by Gasteiger charge is 2.36. The summed E-state index contributed by atoms with van der Waals surface area (Å²) < 4.78 is 5.19. The number of esters is 1. The fraction of sp³-hybridized carbons (Fsp3) is 0.214. The normalized spacial score (nSPS) is 19.5. The van der Waals surface area contributed by atoms with Crippen LogP contribution in [0.5, 0.6) is 5.75 Å². The van der Waals surface area contributed by atoms with Gasteiger partial charge in [0.15, 0.2) is 5.78 Å². The van der Waals surface area contributed by atoms with Gasteiger partial charge in [-0.15, -0.1) is 0 Å². The SMILES string of the molecule is CC(=O)Oc1ccc([C@@H]2Nc3ccccc3NC3=C2C(=O)C[C@H](c2ccc(C)cc2)C3)cc1. The van der Waals surface area contributed by atoms with Gasteiger partial charge in [0, 0.05) is 24.6 Å². The van der Waals surface area contributed by atoms with E-state index in [4.69, 9.17) is 4.74 Å². The first-order valence-corrected chi connectivity index (χ1v) is 11.2. The lowest BCUT2D eigenvalue weighted by Gasteiger charge is -2.30. The van der Waals surface area contributed by atoms with Crippen molar-refractivity contribution in [1.82, 2.24) is 0 Å². The number of ether oxygens (including phenoxy) is 1. The quantitative estimate of drug-likeness (QED) is 0.394. The Balaban J connectivity index is 1.55. The van der Waals surface area contributed by atoms with E-state index in [1.54, 1.807) is 12.1 Å². The third-order valence-electron chi connectivity index (χ3n) is 6.33. The molecule has 1 aliphatic carbocycles. The average Bonchev–Trinajstić information content (AvgIpc) is 2.96. The lowest BCUT2D eigenvalue weighted by Crippen LogP contribution is -2.26. The van der Waals surface area contributed by atoms with E-state index in [0.29, 0.717) is 12.2 Å². The van der Waals surface area contributed by atoms with Gasteiger partial charge in [-0.25, -0.2) is 0 Å². The number of aryl methyl sites for hydroxylation is 1. The number of allylic oxidation sites excluding steroid dienone is 1. The van der Waals surface area contributed by atoms with Gasteiger partial charge in [0.05, 0.1) is 17.4 Å². The molecule has 1 aliphatic heterocycles. The molecule has 5 rings (SSSR count). The van der Waals surface area contributed by atoms with Crippen LogP contribution in [0.4, 0.5) is 11.4 Å². The maximum absolute atomic E-state index is 13.6. The van der Waals surface area contributed by atoms with Crippen molar-refractivity contribution >= 4 is 23.1 Å². The van der Waals surface area contributed by atoms with E-state index < -0.39 is 0 Å². The van der Waals surface area contributed by atoms with Crippen molar-refractivity contribution in [2.75, 3.05) is 10.6 Å². The Hall–Kier alpha value is -3.86. The molecule has 1 heterocycles. The molecular weight excluding hydrogens is 412 g/mol. The molecule has 0 radical (unpaired) electrons. The van der Waals surface area contributed by atoms with Gasteiger partial charge < -0.3 is 15.4 Å². The van der Waals surface area contributed by atoms with Crippen molar-refractivity contribution < 1.29 is 14.3 Å². The molecule has 0 fully saturated rings. The summed E-state index contributed by atoms with van der Waals surface area (Å²) >= 11 is 0. The van der Waals surface area contributed by atoms with Crippen LogP contribution >= 0.6 is 0 Å². The molecule has 0 saturated heterocycles. The lowest BCUT2D eigenvalue weighted by atomic mass is 9.78. The first-order chi connectivity index (χ1) is 16.0. The molecule has 3 aromatic carbocycles. The minimum absolute atomic E-state index is 0.140. The number of hydrogen-bond donors (Lipinski definition) is 2. The number of ketones is 1. The van der Waals surface area contributed by atoms with Gasteiger partial charge in [0.25, 0.3) is 0 Å². The van der Waals surface area contributed by atoms with E-state index in [-0.39, 0.29) is 23.7 Å². The Morgan fingerprint density at radius 1 is 0.879 bits per heavy atom. The number of para-hydroxylation sites is 2. The molecule has 166 valence electrons. The second-order valence-electron chi connectivity index (χ2n) is 8.74. The van der Waals surface area contributed by atoms with Crippen LogP contribution in [0, 0.1) is 6.92 Å². The lowest BCUT2D eigenvalue weighted by molar-refractivity contribution is -0.131. The number of rotatable bonds is 3. The van der Waals surface area contributed by atoms with Crippen molar-refractivity contribution in [1.29, 1.82) is 0 Å². The van der Waals surface area contributed by atoms with E-state index in [0.717, 1.165) is 34.6 Å². The Bertz CT molecular complexity index is 1240. The summed E-state index contributed by atoms with van der Waals surface area (Å²) in [5.41, 5.74) is 6.98. The van der Waals surface area contributed by atoms with Gasteiger partial charge in [-0.3, -0.25) is 9.59 Å². The zero-order valence-electron chi connectivity index (χ0n) is 18.7. The summed E-state index contributed by atoms with van der Waals surface area (Å²) in [6, 6.07) is 23.6. The topological polar surface area (TPSA) is 67.4 Å². The number of hydrogen-bond acceptors (Lipinski definition) is 5. The minimum Gasteiger partial charge on any atom is -0.427 e. The van der Waals surface area contributed by atoms with E-state index in [2.05, 4.69) is 41.8 Å². The molecule has 33 heavy (non-hydrogen) atoms. The van der Waals surface area contributed by atoms with E-state index >= 15 is 0 Å². The van der Waals surface area contributed by atoms with E-state index in [9.17, 15) is 9.59 Å². The molecule has 0 bridgehead atoms. The van der Waals surface area contributed by atoms with Crippen molar-refractivity contribution in [2.45, 2.75) is 38.6 Å². The molecule has 5 nitrogen and oxygen atoms in total. The summed E-state index contributed by atoms with van der Waals surface area (Å²) in [5.74, 6) is 0.412. The molecule has 5 heteroatoms. The maximum Gasteiger partial charge on any atom is 0.308 e. The Morgan fingerprint density at radius 3 is 2.24 bits per heavy atom. The summed E-state index contributed by atoms with van der Waals surface area (Å²) in [6.07, 6.45) is 1.24. The van der Waals surface area contributed by atoms with Gasteiger partial charge in [0.1, 0.15) is 5.75 Å². The molecule has 3 aromatic rings. The second-order valence-corrected chi connectivity index (χ2v) is 8.74. The van der Waals surface area contributed by atoms with Crippen LogP contribution in [0.2, 0.25) is 0 Å². The van der Waals surface area contributed by atoms with Gasteiger partial charge in [-0.05, 0) is 54.7 Å². The maximum atomic E-state index is 13.6. The molecule has 0 aromatic heterocycles. The van der Waals surface area contributed by atoms with Crippen molar-refractivity contribution in [3.05, 3.63) is 101 Å². The van der Waals surface area contributed by atoms with Crippen LogP contribution in [0.15, 0.2) is 84.1 Å². The predicted octanol–water partition coefficient (Wildman–Crippen LogP) is 5.90. The van der Waals surface area contributed by atoms with Gasteiger partial charge >= 0.3 is 5.97 Å². The molecule has 2 atom stereocenters. The van der Waals surface area contributed by atoms with Gasteiger partial charge in [0.2, 0.25) is 0 Å². The van der Waals surface area contributed by atoms with Gasteiger partial charge in [-0.2, -0.15) is 0 Å². The number of anilines is 2. The molecular formula is C28H26N2O3. The molecule has 2 aliphatic rings. The van der Waals surface area contributed by atoms with Crippen LogP contribution in [-0.4, -0.2) is 11.8 Å². The highest BCUT2D eigenvalue weighted by molar-refractivity contribution is 6.01. The monoisotopic (exact) mass is 438 g/mol. The Morgan fingerprint density at radius 2 is 1.55 bits per heavy atom. The number of nitrogens with one attached hydrogen (secondary N) is 2. The summed E-state index contributed by atoms with van der Waals surface area (Å²) in [7, 11) is 0. The van der Waals surface area contributed by atoms with Crippen LogP contribution in [-0.2, 0) is 9.59 Å². The number of carbonyl (C=O) groups is 2. The summed E-state index contributed by atoms with van der Waals surface area (Å²) in [4.78, 5) is 24.9. The van der Waals surface area contributed by atoms with Crippen LogP contribution in [0.25, 0.3) is 0 Å². The number of carbonyl (C=O) groups excluding carboxylic acids is 2. The summed E-state index contributed by atoms with van der Waals surface area (Å²) in [6.45, 7) is 3.45. The zero-order valence-corrected chi connectivity index (χ0v) is 18.7. The van der Waals surface area contributed by atoms with Crippen LogP contribution in [0.1, 0.15) is 48.4 Å². The van der Waals surface area contributed by atoms with Crippen molar-refractivity contribution in [3.8, 4) is 5.75 Å². The minimum atomic E-state index is -0.358. The average molecular weight is 439 g/mol. The van der Waals surface area contributed by atoms with Crippen LogP contribution in [0.3, 0.4) is 0 Å². The fourth-order valence-electron chi connectivity index (χ4n) is 4.71. The predicted molar refractivity (Wildman–Crippen MR) is 129 cm³/mol. The fourth-order valence-corrected chi connectivity index (χ4v) is 4.71. The largest absolute Gasteiger partial charge is 0.427 e. The van der Waals surface area contributed by atoms with Crippen molar-refractivity contribution in [2.24, 2.45) is 0 Å². The Kier molecular flexibility index (Phi) is 5.47. The molecule has 0 spiro atoms. The Labute approximate surface area is 193 Å². The molecule has 0 amide bonds. The smallest absolute Gasteiger partial charge is 0.308 e. The number of fused-ring (bicyclic) bond motifs is 1.